The molecule has 1 aromatic rings. The third-order valence-corrected chi connectivity index (χ3v) is 5.22. The van der Waals surface area contributed by atoms with E-state index in [1.165, 1.54) is 19.2 Å². The van der Waals surface area contributed by atoms with E-state index in [1.807, 2.05) is 0 Å². The van der Waals surface area contributed by atoms with Gasteiger partial charge in [0.15, 0.2) is 0 Å². The minimum Gasteiger partial charge on any atom is -0.495 e. The van der Waals surface area contributed by atoms with Crippen LogP contribution in [-0.4, -0.2) is 39.4 Å². The van der Waals surface area contributed by atoms with Gasteiger partial charge < -0.3 is 14.6 Å². The molecule has 1 aliphatic heterocycles. The van der Waals surface area contributed by atoms with E-state index in [9.17, 15) is 13.5 Å². The van der Waals surface area contributed by atoms with Crippen molar-refractivity contribution >= 4 is 21.6 Å². The maximum atomic E-state index is 12.6. The van der Waals surface area contributed by atoms with Crippen LogP contribution in [-0.2, 0) is 21.4 Å². The van der Waals surface area contributed by atoms with E-state index in [-0.39, 0.29) is 22.3 Å². The Balaban J connectivity index is 2.46. The molecule has 0 amide bonds. The fraction of sp³-hybridized carbons (Fsp3) is 0.538. The molecule has 0 aliphatic carbocycles. The smallest absolute Gasteiger partial charge is 0.244 e. The highest BCUT2D eigenvalue weighted by Gasteiger charge is 2.36. The fourth-order valence-electron chi connectivity index (χ4n) is 2.30. The Labute approximate surface area is 129 Å². The Morgan fingerprint density at radius 3 is 2.76 bits per heavy atom. The molecule has 2 N–H and O–H groups in total. The van der Waals surface area contributed by atoms with Crippen molar-refractivity contribution in [3.63, 3.8) is 0 Å². The molecule has 1 aromatic carbocycles. The zero-order valence-corrected chi connectivity index (χ0v) is 13.4. The molecular formula is C13H18ClNO5S. The number of sulfonamides is 1. The van der Waals surface area contributed by atoms with Gasteiger partial charge in [-0.2, -0.15) is 0 Å². The van der Waals surface area contributed by atoms with Crippen LogP contribution in [0.4, 0.5) is 0 Å². The molecular weight excluding hydrogens is 318 g/mol. The molecule has 21 heavy (non-hydrogen) atoms. The van der Waals surface area contributed by atoms with Crippen molar-refractivity contribution in [3.8, 4) is 5.75 Å². The molecule has 0 spiro atoms. The summed E-state index contributed by atoms with van der Waals surface area (Å²) in [4.78, 5) is -0.0883. The highest BCUT2D eigenvalue weighted by atomic mass is 35.5. The topological polar surface area (TPSA) is 84.9 Å². The van der Waals surface area contributed by atoms with E-state index in [0.717, 1.165) is 0 Å². The largest absolute Gasteiger partial charge is 0.495 e. The zero-order chi connectivity index (χ0) is 15.7. The number of hydrogen-bond acceptors (Lipinski definition) is 5. The molecule has 8 heteroatoms. The predicted molar refractivity (Wildman–Crippen MR) is 78.1 cm³/mol. The van der Waals surface area contributed by atoms with Gasteiger partial charge >= 0.3 is 0 Å². The summed E-state index contributed by atoms with van der Waals surface area (Å²) in [6.45, 7) is 2.23. The van der Waals surface area contributed by atoms with Crippen LogP contribution in [0.2, 0.25) is 5.02 Å². The monoisotopic (exact) mass is 335 g/mol. The Kier molecular flexibility index (Phi) is 4.79. The normalized spacial score (nSPS) is 22.5. The molecule has 0 bridgehead atoms. The first kappa shape index (κ1) is 16.5. The quantitative estimate of drug-likeness (QED) is 0.847. The van der Waals surface area contributed by atoms with Crippen LogP contribution < -0.4 is 9.46 Å². The highest BCUT2D eigenvalue weighted by Crippen LogP contribution is 2.33. The average Bonchev–Trinajstić information content (AvgIpc) is 2.83. The molecule has 1 fully saturated rings. The number of aliphatic hydroxyl groups excluding tert-OH is 1. The second kappa shape index (κ2) is 6.10. The molecule has 118 valence electrons. The summed E-state index contributed by atoms with van der Waals surface area (Å²) >= 11 is 5.93. The molecule has 1 aliphatic rings. The molecule has 0 radical (unpaired) electrons. The lowest BCUT2D eigenvalue weighted by Crippen LogP contribution is -2.46. The first-order chi connectivity index (χ1) is 9.81. The number of hydrogen-bond donors (Lipinski definition) is 2. The molecule has 1 atom stereocenters. The number of ether oxygens (including phenoxy) is 2. The SMILES string of the molecule is COc1c(CO)cc(Cl)cc1S(=O)(=O)NC1(C)CCOC1. The van der Waals surface area contributed by atoms with Gasteiger partial charge in [-0.25, -0.2) is 13.1 Å². The van der Waals surface area contributed by atoms with E-state index in [0.29, 0.717) is 25.2 Å². The fourth-order valence-corrected chi connectivity index (χ4v) is 4.26. The first-order valence-corrected chi connectivity index (χ1v) is 8.26. The maximum absolute atomic E-state index is 12.6. The molecule has 0 saturated carbocycles. The standard InChI is InChI=1S/C13H18ClNO5S/c1-13(3-4-20-8-13)15-21(17,18)11-6-10(14)5-9(7-16)12(11)19-2/h5-6,15-16H,3-4,7-8H2,1-2H3. The van der Waals surface area contributed by atoms with Crippen molar-refractivity contribution in [2.24, 2.45) is 0 Å². The minimum absolute atomic E-state index is 0.0883. The summed E-state index contributed by atoms with van der Waals surface area (Å²) in [5, 5.41) is 9.54. The van der Waals surface area contributed by atoms with Crippen LogP contribution >= 0.6 is 11.6 Å². The summed E-state index contributed by atoms with van der Waals surface area (Å²) in [7, 11) is -2.50. The van der Waals surface area contributed by atoms with Gasteiger partial charge in [0.25, 0.3) is 0 Å². The number of nitrogens with one attached hydrogen (secondary N) is 1. The Hall–Kier alpha value is -0.860. The summed E-state index contributed by atoms with van der Waals surface area (Å²) in [5.41, 5.74) is -0.343. The van der Waals surface area contributed by atoms with Crippen molar-refractivity contribution in [2.45, 2.75) is 30.4 Å². The third kappa shape index (κ3) is 3.49. The lowest BCUT2D eigenvalue weighted by molar-refractivity contribution is 0.178. The molecule has 2 rings (SSSR count). The average molecular weight is 336 g/mol. The number of halogens is 1. The van der Waals surface area contributed by atoms with Crippen LogP contribution in [0.3, 0.4) is 0 Å². The van der Waals surface area contributed by atoms with Gasteiger partial charge in [0.2, 0.25) is 10.0 Å². The van der Waals surface area contributed by atoms with E-state index < -0.39 is 15.6 Å². The van der Waals surface area contributed by atoms with Gasteiger partial charge in [-0.05, 0) is 25.5 Å². The van der Waals surface area contributed by atoms with Gasteiger partial charge in [0.05, 0.1) is 25.9 Å². The maximum Gasteiger partial charge on any atom is 0.244 e. The van der Waals surface area contributed by atoms with Crippen LogP contribution in [0, 0.1) is 0 Å². The summed E-state index contributed by atoms with van der Waals surface area (Å²) in [6.07, 6.45) is 0.585. The molecule has 0 aromatic heterocycles. The number of methoxy groups -OCH3 is 1. The van der Waals surface area contributed by atoms with Crippen molar-refractivity contribution in [1.82, 2.24) is 4.72 Å². The van der Waals surface area contributed by atoms with Gasteiger partial charge in [-0.15, -0.1) is 0 Å². The van der Waals surface area contributed by atoms with E-state index in [4.69, 9.17) is 21.1 Å². The highest BCUT2D eigenvalue weighted by molar-refractivity contribution is 7.89. The van der Waals surface area contributed by atoms with Crippen LogP contribution in [0.5, 0.6) is 5.75 Å². The van der Waals surface area contributed by atoms with Crippen LogP contribution in [0.25, 0.3) is 0 Å². The van der Waals surface area contributed by atoms with Crippen molar-refractivity contribution < 1.29 is 23.0 Å². The van der Waals surface area contributed by atoms with Crippen molar-refractivity contribution in [3.05, 3.63) is 22.7 Å². The first-order valence-electron chi connectivity index (χ1n) is 6.40. The molecule has 1 heterocycles. The van der Waals surface area contributed by atoms with E-state index in [2.05, 4.69) is 4.72 Å². The van der Waals surface area contributed by atoms with Crippen molar-refractivity contribution in [2.75, 3.05) is 20.3 Å². The Morgan fingerprint density at radius 1 is 1.52 bits per heavy atom. The van der Waals surface area contributed by atoms with Gasteiger partial charge in [-0.3, -0.25) is 0 Å². The molecule has 1 unspecified atom stereocenters. The molecule has 1 saturated heterocycles. The lowest BCUT2D eigenvalue weighted by Gasteiger charge is -2.24. The number of benzene rings is 1. The van der Waals surface area contributed by atoms with Crippen LogP contribution in [0.1, 0.15) is 18.9 Å². The molecule has 6 nitrogen and oxygen atoms in total. The minimum atomic E-state index is -3.85. The predicted octanol–water partition coefficient (Wildman–Crippen LogP) is 1.30. The Bertz CT molecular complexity index is 626. The van der Waals surface area contributed by atoms with Gasteiger partial charge in [0.1, 0.15) is 10.6 Å². The number of aliphatic hydroxyl groups is 1. The summed E-state index contributed by atoms with van der Waals surface area (Å²) in [5.74, 6) is 0.0944. The number of rotatable bonds is 5. The second-order valence-corrected chi connectivity index (χ2v) is 7.31. The van der Waals surface area contributed by atoms with E-state index in [1.54, 1.807) is 6.92 Å². The summed E-state index contributed by atoms with van der Waals surface area (Å²) < 4.78 is 38.2. The van der Waals surface area contributed by atoms with E-state index >= 15 is 0 Å². The van der Waals surface area contributed by atoms with Gasteiger partial charge in [0, 0.05) is 17.2 Å². The van der Waals surface area contributed by atoms with Gasteiger partial charge in [-0.1, -0.05) is 11.6 Å². The van der Waals surface area contributed by atoms with Crippen molar-refractivity contribution in [1.29, 1.82) is 0 Å². The zero-order valence-electron chi connectivity index (χ0n) is 11.8. The lowest BCUT2D eigenvalue weighted by atomic mass is 10.0. The van der Waals surface area contributed by atoms with Crippen LogP contribution in [0.15, 0.2) is 17.0 Å². The second-order valence-electron chi connectivity index (χ2n) is 5.22. The summed E-state index contributed by atoms with van der Waals surface area (Å²) in [6, 6.07) is 2.78. The third-order valence-electron chi connectivity index (χ3n) is 3.36. The Morgan fingerprint density at radius 2 is 2.24 bits per heavy atom.